The van der Waals surface area contributed by atoms with E-state index in [1.54, 1.807) is 0 Å². The molecule has 2 nitrogen and oxygen atoms in total. The molecule has 4 heteroatoms. The maximum Gasteiger partial charge on any atom is 0.123 e. The van der Waals surface area contributed by atoms with Crippen LogP contribution in [0.1, 0.15) is 52.0 Å². The number of hydrogen-bond donors (Lipinski definition) is 1. The van der Waals surface area contributed by atoms with Gasteiger partial charge in [-0.25, -0.2) is 0 Å². The Morgan fingerprint density at radius 2 is 2.05 bits per heavy atom. The predicted octanol–water partition coefficient (Wildman–Crippen LogP) is 5.08. The van der Waals surface area contributed by atoms with E-state index in [9.17, 15) is 0 Å². The quantitative estimate of drug-likeness (QED) is 0.791. The first-order chi connectivity index (χ1) is 9.47. The van der Waals surface area contributed by atoms with Gasteiger partial charge < -0.3 is 10.1 Å². The van der Waals surface area contributed by atoms with Crippen molar-refractivity contribution in [3.63, 3.8) is 0 Å². The summed E-state index contributed by atoms with van der Waals surface area (Å²) in [5.74, 6) is 1.02. The number of halogens is 2. The first-order valence-electron chi connectivity index (χ1n) is 7.63. The zero-order valence-corrected chi connectivity index (χ0v) is 15.6. The summed E-state index contributed by atoms with van der Waals surface area (Å²) >= 11 is 3.55. The van der Waals surface area contributed by atoms with Gasteiger partial charge in [0.25, 0.3) is 0 Å². The molecule has 2 rings (SSSR count). The van der Waals surface area contributed by atoms with Gasteiger partial charge in [-0.05, 0) is 49.4 Å². The van der Waals surface area contributed by atoms with Crippen LogP contribution in [0.15, 0.2) is 22.7 Å². The molecule has 0 aliphatic carbocycles. The van der Waals surface area contributed by atoms with Gasteiger partial charge in [-0.3, -0.25) is 0 Å². The Bertz CT molecular complexity index is 439. The molecule has 0 aromatic heterocycles. The fourth-order valence-corrected chi connectivity index (χ4v) is 3.06. The van der Waals surface area contributed by atoms with Crippen molar-refractivity contribution in [3.05, 3.63) is 28.2 Å². The normalized spacial score (nSPS) is 19.0. The summed E-state index contributed by atoms with van der Waals surface area (Å²) in [5.41, 5.74) is 1.37. The van der Waals surface area contributed by atoms with Crippen molar-refractivity contribution in [2.75, 3.05) is 13.2 Å². The summed E-state index contributed by atoms with van der Waals surface area (Å²) in [4.78, 5) is 0. The van der Waals surface area contributed by atoms with Crippen molar-refractivity contribution >= 4 is 28.3 Å². The SMILES string of the molecule is CC(C)(C)c1cc(Br)ccc1OCCC1CCCCN1.Cl. The Balaban J connectivity index is 0.00000220. The van der Waals surface area contributed by atoms with E-state index >= 15 is 0 Å². The molecule has 1 N–H and O–H groups in total. The number of ether oxygens (including phenoxy) is 1. The fraction of sp³-hybridized carbons (Fsp3) is 0.647. The van der Waals surface area contributed by atoms with Crippen LogP contribution in [-0.2, 0) is 5.41 Å². The van der Waals surface area contributed by atoms with Crippen LogP contribution in [0.3, 0.4) is 0 Å². The molecular formula is C17H27BrClNO. The maximum atomic E-state index is 6.06. The highest BCUT2D eigenvalue weighted by Crippen LogP contribution is 2.33. The van der Waals surface area contributed by atoms with Crippen molar-refractivity contribution in [3.8, 4) is 5.75 Å². The molecule has 1 atom stereocenters. The molecule has 1 aliphatic heterocycles. The van der Waals surface area contributed by atoms with Gasteiger partial charge in [0.15, 0.2) is 0 Å². The Morgan fingerprint density at radius 3 is 2.67 bits per heavy atom. The molecule has 1 saturated heterocycles. The predicted molar refractivity (Wildman–Crippen MR) is 95.8 cm³/mol. The maximum absolute atomic E-state index is 6.06. The van der Waals surface area contributed by atoms with E-state index in [4.69, 9.17) is 4.74 Å². The van der Waals surface area contributed by atoms with Crippen LogP contribution in [0.25, 0.3) is 0 Å². The monoisotopic (exact) mass is 375 g/mol. The molecule has 0 amide bonds. The first kappa shape index (κ1) is 18.8. The lowest BCUT2D eigenvalue weighted by molar-refractivity contribution is 0.263. The minimum atomic E-state index is 0. The van der Waals surface area contributed by atoms with E-state index in [1.807, 2.05) is 0 Å². The lowest BCUT2D eigenvalue weighted by atomic mass is 9.86. The summed E-state index contributed by atoms with van der Waals surface area (Å²) in [7, 11) is 0. The lowest BCUT2D eigenvalue weighted by Crippen LogP contribution is -2.35. The summed E-state index contributed by atoms with van der Waals surface area (Å²) in [6.07, 6.45) is 5.05. The molecule has 1 aromatic carbocycles. The Hall–Kier alpha value is -0.250. The van der Waals surface area contributed by atoms with E-state index in [0.717, 1.165) is 29.8 Å². The molecule has 0 radical (unpaired) electrons. The van der Waals surface area contributed by atoms with Crippen LogP contribution in [0.2, 0.25) is 0 Å². The highest BCUT2D eigenvalue weighted by molar-refractivity contribution is 9.10. The molecular weight excluding hydrogens is 350 g/mol. The minimum Gasteiger partial charge on any atom is -0.493 e. The van der Waals surface area contributed by atoms with E-state index in [0.29, 0.717) is 6.04 Å². The third-order valence-corrected chi connectivity index (χ3v) is 4.38. The Kier molecular flexibility index (Phi) is 7.52. The van der Waals surface area contributed by atoms with Crippen LogP contribution in [-0.4, -0.2) is 19.2 Å². The van der Waals surface area contributed by atoms with Gasteiger partial charge >= 0.3 is 0 Å². The topological polar surface area (TPSA) is 21.3 Å². The highest BCUT2D eigenvalue weighted by atomic mass is 79.9. The van der Waals surface area contributed by atoms with Crippen molar-refractivity contribution in [2.45, 2.75) is 57.9 Å². The van der Waals surface area contributed by atoms with Gasteiger partial charge in [-0.15, -0.1) is 12.4 Å². The minimum absolute atomic E-state index is 0. The summed E-state index contributed by atoms with van der Waals surface area (Å²) in [6, 6.07) is 6.95. The standard InChI is InChI=1S/C17H26BrNO.ClH/c1-17(2,3)15-12-13(18)7-8-16(15)20-11-9-14-6-4-5-10-19-14;/h7-8,12,14,19H,4-6,9-11H2,1-3H3;1H. The van der Waals surface area contributed by atoms with Crippen molar-refractivity contribution in [1.82, 2.24) is 5.32 Å². The molecule has 120 valence electrons. The molecule has 0 spiro atoms. The Morgan fingerprint density at radius 1 is 1.29 bits per heavy atom. The molecule has 1 aromatic rings. The number of rotatable bonds is 4. The number of benzene rings is 1. The van der Waals surface area contributed by atoms with Crippen LogP contribution < -0.4 is 10.1 Å². The smallest absolute Gasteiger partial charge is 0.123 e. The van der Waals surface area contributed by atoms with Crippen LogP contribution in [0.4, 0.5) is 0 Å². The lowest BCUT2D eigenvalue weighted by Gasteiger charge is -2.25. The summed E-state index contributed by atoms with van der Waals surface area (Å²) < 4.78 is 7.18. The fourth-order valence-electron chi connectivity index (χ4n) is 2.70. The van der Waals surface area contributed by atoms with Crippen LogP contribution in [0.5, 0.6) is 5.75 Å². The summed E-state index contributed by atoms with van der Waals surface area (Å²) in [5, 5.41) is 3.57. The number of nitrogens with one attached hydrogen (secondary N) is 1. The molecule has 0 bridgehead atoms. The van der Waals surface area contributed by atoms with Gasteiger partial charge in [0, 0.05) is 16.1 Å². The molecule has 1 aliphatic rings. The van der Waals surface area contributed by atoms with Crippen molar-refractivity contribution < 1.29 is 4.74 Å². The number of hydrogen-bond acceptors (Lipinski definition) is 2. The van der Waals surface area contributed by atoms with Gasteiger partial charge in [-0.2, -0.15) is 0 Å². The zero-order chi connectivity index (χ0) is 14.6. The molecule has 1 heterocycles. The second kappa shape index (κ2) is 8.40. The second-order valence-corrected chi connectivity index (χ2v) is 7.59. The van der Waals surface area contributed by atoms with Crippen LogP contribution >= 0.6 is 28.3 Å². The van der Waals surface area contributed by atoms with Gasteiger partial charge in [0.2, 0.25) is 0 Å². The summed E-state index contributed by atoms with van der Waals surface area (Å²) in [6.45, 7) is 8.64. The number of piperidine rings is 1. The van der Waals surface area contributed by atoms with Crippen molar-refractivity contribution in [2.24, 2.45) is 0 Å². The second-order valence-electron chi connectivity index (χ2n) is 6.67. The molecule has 1 fully saturated rings. The highest BCUT2D eigenvalue weighted by Gasteiger charge is 2.20. The van der Waals surface area contributed by atoms with Crippen molar-refractivity contribution in [1.29, 1.82) is 0 Å². The van der Waals surface area contributed by atoms with Gasteiger partial charge in [-0.1, -0.05) is 43.1 Å². The van der Waals surface area contributed by atoms with E-state index in [2.05, 4.69) is 60.2 Å². The zero-order valence-electron chi connectivity index (χ0n) is 13.2. The van der Waals surface area contributed by atoms with E-state index < -0.39 is 0 Å². The molecule has 0 saturated carbocycles. The molecule has 21 heavy (non-hydrogen) atoms. The van der Waals surface area contributed by atoms with E-state index in [-0.39, 0.29) is 17.8 Å². The van der Waals surface area contributed by atoms with Crippen LogP contribution in [0, 0.1) is 0 Å². The first-order valence-corrected chi connectivity index (χ1v) is 8.42. The Labute approximate surface area is 143 Å². The largest absolute Gasteiger partial charge is 0.493 e. The third-order valence-electron chi connectivity index (χ3n) is 3.89. The average molecular weight is 377 g/mol. The van der Waals surface area contributed by atoms with Gasteiger partial charge in [0.05, 0.1) is 6.61 Å². The van der Waals surface area contributed by atoms with E-state index in [1.165, 1.54) is 24.8 Å². The van der Waals surface area contributed by atoms with Gasteiger partial charge in [0.1, 0.15) is 5.75 Å². The average Bonchev–Trinajstić information content (AvgIpc) is 2.40. The third kappa shape index (κ3) is 5.80. The molecule has 1 unspecified atom stereocenters.